The van der Waals surface area contributed by atoms with Crippen LogP contribution in [0, 0.1) is 5.82 Å². The monoisotopic (exact) mass is 452 g/mol. The number of hydrogen-bond acceptors (Lipinski definition) is 4. The van der Waals surface area contributed by atoms with Gasteiger partial charge < -0.3 is 10.1 Å². The third-order valence-electron chi connectivity index (χ3n) is 4.78. The summed E-state index contributed by atoms with van der Waals surface area (Å²) in [6.07, 6.45) is 5.03. The van der Waals surface area contributed by atoms with E-state index in [4.69, 9.17) is 16.3 Å². The van der Waals surface area contributed by atoms with E-state index in [1.54, 1.807) is 0 Å². The largest absolute Gasteiger partial charge is 0.495 e. The number of ether oxygens (including phenoxy) is 1. The quantitative estimate of drug-likeness (QED) is 0.662. The molecule has 1 fully saturated rings. The van der Waals surface area contributed by atoms with Crippen LogP contribution in [0.25, 0.3) is 6.08 Å². The van der Waals surface area contributed by atoms with Gasteiger partial charge in [0, 0.05) is 24.7 Å². The second kappa shape index (κ2) is 9.59. The molecule has 1 saturated heterocycles. The number of anilines is 1. The van der Waals surface area contributed by atoms with E-state index >= 15 is 0 Å². The minimum Gasteiger partial charge on any atom is -0.495 e. The average Bonchev–Trinajstić information content (AvgIpc) is 2.74. The molecule has 0 saturated carbocycles. The highest BCUT2D eigenvalue weighted by Gasteiger charge is 2.26. The molecule has 1 heterocycles. The molecular weight excluding hydrogens is 431 g/mol. The summed E-state index contributed by atoms with van der Waals surface area (Å²) in [5.41, 5.74) is 0.285. The first-order valence-corrected chi connectivity index (χ1v) is 11.3. The minimum absolute atomic E-state index is 0.0710. The molecule has 2 aromatic rings. The van der Waals surface area contributed by atoms with Gasteiger partial charge in [0.2, 0.25) is 15.9 Å². The lowest BCUT2D eigenvalue weighted by molar-refractivity contribution is -0.111. The first-order chi connectivity index (χ1) is 14.3. The van der Waals surface area contributed by atoms with Gasteiger partial charge in [0.25, 0.3) is 0 Å². The van der Waals surface area contributed by atoms with Crippen molar-refractivity contribution in [1.82, 2.24) is 4.31 Å². The van der Waals surface area contributed by atoms with E-state index in [1.807, 2.05) is 0 Å². The molecule has 0 atom stereocenters. The van der Waals surface area contributed by atoms with E-state index < -0.39 is 21.7 Å². The third-order valence-corrected chi connectivity index (χ3v) is 7.01. The summed E-state index contributed by atoms with van der Waals surface area (Å²) in [6, 6.07) is 8.53. The van der Waals surface area contributed by atoms with Crippen LogP contribution in [0.5, 0.6) is 5.75 Å². The highest BCUT2D eigenvalue weighted by atomic mass is 35.5. The molecule has 0 aromatic heterocycles. The lowest BCUT2D eigenvalue weighted by Gasteiger charge is -2.26. The Kier molecular flexibility index (Phi) is 7.12. The third kappa shape index (κ3) is 5.00. The Hall–Kier alpha value is -2.42. The van der Waals surface area contributed by atoms with Crippen LogP contribution in [0.1, 0.15) is 24.8 Å². The number of halogens is 2. The molecule has 0 bridgehead atoms. The normalized spacial score (nSPS) is 15.3. The number of hydrogen-bond donors (Lipinski definition) is 1. The van der Waals surface area contributed by atoms with Gasteiger partial charge in [-0.3, -0.25) is 4.79 Å². The Bertz CT molecular complexity index is 1050. The Balaban J connectivity index is 1.83. The van der Waals surface area contributed by atoms with Gasteiger partial charge in [-0.25, -0.2) is 12.8 Å². The van der Waals surface area contributed by atoms with Gasteiger partial charge in [0.15, 0.2) is 0 Å². The molecule has 1 aliphatic heterocycles. The van der Waals surface area contributed by atoms with Crippen LogP contribution in [0.4, 0.5) is 10.1 Å². The molecular formula is C21H22ClFN2O4S. The predicted octanol–water partition coefficient (Wildman–Crippen LogP) is 4.31. The zero-order valence-corrected chi connectivity index (χ0v) is 18.0. The summed E-state index contributed by atoms with van der Waals surface area (Å²) in [5, 5.41) is 2.76. The summed E-state index contributed by atoms with van der Waals surface area (Å²) in [5.74, 6) is -0.836. The van der Waals surface area contributed by atoms with Crippen molar-refractivity contribution in [1.29, 1.82) is 0 Å². The zero-order valence-electron chi connectivity index (χ0n) is 16.4. The molecule has 0 aliphatic carbocycles. The first-order valence-electron chi connectivity index (χ1n) is 9.44. The topological polar surface area (TPSA) is 75.7 Å². The van der Waals surface area contributed by atoms with Crippen molar-refractivity contribution in [3.05, 3.63) is 58.9 Å². The average molecular weight is 453 g/mol. The van der Waals surface area contributed by atoms with E-state index in [9.17, 15) is 17.6 Å². The molecule has 3 rings (SSSR count). The van der Waals surface area contributed by atoms with Gasteiger partial charge in [0.05, 0.1) is 22.7 Å². The number of nitrogens with one attached hydrogen (secondary N) is 1. The molecule has 160 valence electrons. The molecule has 2 aromatic carbocycles. The van der Waals surface area contributed by atoms with E-state index in [1.165, 1.54) is 53.9 Å². The summed E-state index contributed by atoms with van der Waals surface area (Å²) in [7, 11) is -2.25. The number of carbonyl (C=O) groups is 1. The van der Waals surface area contributed by atoms with Gasteiger partial charge in [0.1, 0.15) is 11.6 Å². The van der Waals surface area contributed by atoms with Crippen molar-refractivity contribution in [2.24, 2.45) is 0 Å². The fourth-order valence-electron chi connectivity index (χ4n) is 3.20. The number of sulfonamides is 1. The van der Waals surface area contributed by atoms with E-state index in [-0.39, 0.29) is 21.2 Å². The van der Waals surface area contributed by atoms with E-state index in [0.717, 1.165) is 25.3 Å². The number of benzene rings is 2. The van der Waals surface area contributed by atoms with Crippen molar-refractivity contribution >= 4 is 39.3 Å². The van der Waals surface area contributed by atoms with Gasteiger partial charge in [-0.05, 0) is 49.2 Å². The van der Waals surface area contributed by atoms with Gasteiger partial charge in [-0.15, -0.1) is 0 Å². The lowest BCUT2D eigenvalue weighted by Crippen LogP contribution is -2.35. The van der Waals surface area contributed by atoms with Crippen molar-refractivity contribution in [2.45, 2.75) is 24.2 Å². The molecule has 0 radical (unpaired) electrons. The Labute approximate surface area is 180 Å². The molecule has 30 heavy (non-hydrogen) atoms. The zero-order chi connectivity index (χ0) is 21.7. The highest BCUT2D eigenvalue weighted by Crippen LogP contribution is 2.30. The fourth-order valence-corrected chi connectivity index (χ4v) is 4.97. The van der Waals surface area contributed by atoms with E-state index in [0.29, 0.717) is 18.8 Å². The second-order valence-corrected chi connectivity index (χ2v) is 9.13. The second-order valence-electron chi connectivity index (χ2n) is 6.78. The molecule has 0 unspecified atom stereocenters. The van der Waals surface area contributed by atoms with Gasteiger partial charge >= 0.3 is 0 Å². The lowest BCUT2D eigenvalue weighted by atomic mass is 10.2. The number of methoxy groups -OCH3 is 1. The Morgan fingerprint density at radius 3 is 2.60 bits per heavy atom. The first kappa shape index (κ1) is 22.3. The molecule has 9 heteroatoms. The van der Waals surface area contributed by atoms with Crippen LogP contribution in [0.2, 0.25) is 5.02 Å². The van der Waals surface area contributed by atoms with Crippen LogP contribution in [-0.4, -0.2) is 38.8 Å². The Morgan fingerprint density at radius 1 is 1.20 bits per heavy atom. The molecule has 6 nitrogen and oxygen atoms in total. The van der Waals surface area contributed by atoms with Crippen molar-refractivity contribution in [3.63, 3.8) is 0 Å². The van der Waals surface area contributed by atoms with Crippen molar-refractivity contribution < 1.29 is 22.3 Å². The van der Waals surface area contributed by atoms with E-state index in [2.05, 4.69) is 5.32 Å². The highest BCUT2D eigenvalue weighted by molar-refractivity contribution is 7.89. The van der Waals surface area contributed by atoms with Crippen LogP contribution in [0.3, 0.4) is 0 Å². The Morgan fingerprint density at radius 2 is 1.93 bits per heavy atom. The van der Waals surface area contributed by atoms with Crippen molar-refractivity contribution in [2.75, 3.05) is 25.5 Å². The predicted molar refractivity (Wildman–Crippen MR) is 115 cm³/mol. The maximum atomic E-state index is 13.8. The number of nitrogens with zero attached hydrogens (tertiary/aromatic N) is 1. The molecule has 0 spiro atoms. The molecule has 1 amide bonds. The number of amides is 1. The number of rotatable bonds is 6. The van der Waals surface area contributed by atoms with Crippen LogP contribution >= 0.6 is 11.6 Å². The summed E-state index contributed by atoms with van der Waals surface area (Å²) < 4.78 is 46.4. The van der Waals surface area contributed by atoms with Gasteiger partial charge in [-0.1, -0.05) is 24.1 Å². The van der Waals surface area contributed by atoms with Gasteiger partial charge in [-0.2, -0.15) is 4.31 Å². The van der Waals surface area contributed by atoms with Crippen LogP contribution < -0.4 is 10.1 Å². The molecule has 1 N–H and O–H groups in total. The SMILES string of the molecule is COc1ccc(S(=O)(=O)N2CCCCC2)cc1NC(=O)/C=C/c1c(F)cccc1Cl. The van der Waals surface area contributed by atoms with Crippen molar-refractivity contribution in [3.8, 4) is 5.75 Å². The number of carbonyl (C=O) groups excluding carboxylic acids is 1. The smallest absolute Gasteiger partial charge is 0.248 e. The van der Waals surface area contributed by atoms with Crippen LogP contribution in [0.15, 0.2) is 47.4 Å². The molecule has 1 aliphatic rings. The summed E-state index contributed by atoms with van der Waals surface area (Å²) in [4.78, 5) is 12.4. The standard InChI is InChI=1S/C21H22ClFN2O4S/c1-29-20-10-8-15(30(27,28)25-12-3-2-4-13-25)14-19(20)24-21(26)11-9-16-17(22)6-5-7-18(16)23/h5-11,14H,2-4,12-13H2,1H3,(H,24,26)/b11-9+. The minimum atomic E-state index is -3.67. The fraction of sp³-hybridized carbons (Fsp3) is 0.286. The number of piperidine rings is 1. The maximum absolute atomic E-state index is 13.8. The summed E-state index contributed by atoms with van der Waals surface area (Å²) in [6.45, 7) is 0.949. The van der Waals surface area contributed by atoms with Crippen LogP contribution in [-0.2, 0) is 14.8 Å². The summed E-state index contributed by atoms with van der Waals surface area (Å²) >= 11 is 5.95. The maximum Gasteiger partial charge on any atom is 0.248 e.